The van der Waals surface area contributed by atoms with Crippen molar-refractivity contribution >= 4 is 38.3 Å². The van der Waals surface area contributed by atoms with Gasteiger partial charge in [-0.15, -0.1) is 11.3 Å². The Labute approximate surface area is 172 Å². The van der Waals surface area contributed by atoms with E-state index in [9.17, 15) is 9.59 Å². The van der Waals surface area contributed by atoms with Crippen molar-refractivity contribution < 1.29 is 9.53 Å². The van der Waals surface area contributed by atoms with Crippen LogP contribution in [-0.2, 0) is 9.53 Å². The molecular formula is C23H22N2O3S. The molecule has 0 amide bonds. The van der Waals surface area contributed by atoms with Crippen LogP contribution < -0.4 is 5.56 Å². The Hall–Kier alpha value is -2.99. The molecule has 2 aromatic carbocycles. The molecule has 0 fully saturated rings. The largest absolute Gasteiger partial charge is 0.461 e. The van der Waals surface area contributed by atoms with Crippen LogP contribution in [0.25, 0.3) is 32.1 Å². The predicted octanol–water partition coefficient (Wildman–Crippen LogP) is 5.18. The number of aromatic nitrogens is 2. The highest BCUT2D eigenvalue weighted by Gasteiger charge is 2.24. The number of carbonyl (C=O) groups excluding carboxylic acids is 1. The summed E-state index contributed by atoms with van der Waals surface area (Å²) in [6.07, 6.45) is 1.67. The molecule has 0 radical (unpaired) electrons. The number of thiophene rings is 1. The highest BCUT2D eigenvalue weighted by Crippen LogP contribution is 2.32. The maximum Gasteiger partial charge on any atom is 0.329 e. The number of ether oxygens (including phenoxy) is 1. The third-order valence-electron chi connectivity index (χ3n) is 4.93. The summed E-state index contributed by atoms with van der Waals surface area (Å²) in [6, 6.07) is 13.6. The first-order chi connectivity index (χ1) is 14.0. The SMILES string of the molecule is CCC(C(=O)OC(C)C)n1cnc2scc(-c3ccc4ccccc4c3)c2c1=O. The topological polar surface area (TPSA) is 61.2 Å². The minimum absolute atomic E-state index is 0.216. The second kappa shape index (κ2) is 7.79. The number of esters is 1. The van der Waals surface area contributed by atoms with Crippen molar-refractivity contribution in [3.8, 4) is 11.1 Å². The molecular weight excluding hydrogens is 384 g/mol. The monoisotopic (exact) mass is 406 g/mol. The van der Waals surface area contributed by atoms with E-state index in [1.807, 2.05) is 30.5 Å². The fraction of sp³-hybridized carbons (Fsp3) is 0.261. The lowest BCUT2D eigenvalue weighted by molar-refractivity contribution is -0.151. The third-order valence-corrected chi connectivity index (χ3v) is 5.81. The van der Waals surface area contributed by atoms with Gasteiger partial charge >= 0.3 is 5.97 Å². The van der Waals surface area contributed by atoms with Crippen LogP contribution in [0, 0.1) is 0 Å². The van der Waals surface area contributed by atoms with Gasteiger partial charge in [0, 0.05) is 10.9 Å². The van der Waals surface area contributed by atoms with E-state index in [1.54, 1.807) is 13.8 Å². The molecule has 0 N–H and O–H groups in total. The molecule has 0 saturated heterocycles. The van der Waals surface area contributed by atoms with Gasteiger partial charge in [0.25, 0.3) is 5.56 Å². The molecule has 1 atom stereocenters. The highest BCUT2D eigenvalue weighted by atomic mass is 32.1. The van der Waals surface area contributed by atoms with E-state index < -0.39 is 12.0 Å². The smallest absolute Gasteiger partial charge is 0.329 e. The molecule has 2 heterocycles. The van der Waals surface area contributed by atoms with Gasteiger partial charge in [0.1, 0.15) is 10.9 Å². The Bertz CT molecular complexity index is 1260. The molecule has 0 spiro atoms. The first kappa shape index (κ1) is 19.3. The maximum absolute atomic E-state index is 13.4. The van der Waals surface area contributed by atoms with Gasteiger partial charge in [0.2, 0.25) is 0 Å². The van der Waals surface area contributed by atoms with Crippen LogP contribution in [0.1, 0.15) is 33.2 Å². The van der Waals surface area contributed by atoms with E-state index in [4.69, 9.17) is 4.74 Å². The summed E-state index contributed by atoms with van der Waals surface area (Å²) in [4.78, 5) is 31.0. The Balaban J connectivity index is 1.86. The summed E-state index contributed by atoms with van der Waals surface area (Å²) in [7, 11) is 0. The van der Waals surface area contributed by atoms with Gasteiger partial charge < -0.3 is 4.74 Å². The fourth-order valence-corrected chi connectivity index (χ4v) is 4.43. The summed E-state index contributed by atoms with van der Waals surface area (Å²) in [5.74, 6) is -0.409. The lowest BCUT2D eigenvalue weighted by Crippen LogP contribution is -2.32. The van der Waals surface area contributed by atoms with Gasteiger partial charge in [-0.25, -0.2) is 9.78 Å². The third kappa shape index (κ3) is 3.56. The summed E-state index contributed by atoms with van der Waals surface area (Å²) < 4.78 is 6.75. The summed E-state index contributed by atoms with van der Waals surface area (Å²) in [5, 5.41) is 4.76. The number of rotatable bonds is 5. The molecule has 0 aliphatic heterocycles. The fourth-order valence-electron chi connectivity index (χ4n) is 3.52. The zero-order chi connectivity index (χ0) is 20.5. The summed E-state index contributed by atoms with van der Waals surface area (Å²) in [5.41, 5.74) is 1.59. The Kier molecular flexibility index (Phi) is 5.20. The Morgan fingerprint density at radius 3 is 2.66 bits per heavy atom. The Morgan fingerprint density at radius 1 is 1.17 bits per heavy atom. The molecule has 0 aliphatic carbocycles. The van der Waals surface area contributed by atoms with E-state index in [1.165, 1.54) is 22.2 Å². The van der Waals surface area contributed by atoms with Crippen molar-refractivity contribution in [2.75, 3.05) is 0 Å². The number of carbonyl (C=O) groups is 1. The van der Waals surface area contributed by atoms with E-state index in [0.29, 0.717) is 16.6 Å². The molecule has 29 heavy (non-hydrogen) atoms. The van der Waals surface area contributed by atoms with Crippen molar-refractivity contribution in [3.63, 3.8) is 0 Å². The van der Waals surface area contributed by atoms with Crippen LogP contribution in [0.15, 0.2) is 59.0 Å². The number of nitrogens with zero attached hydrogens (tertiary/aromatic N) is 2. The summed E-state index contributed by atoms with van der Waals surface area (Å²) >= 11 is 1.43. The number of hydrogen-bond donors (Lipinski definition) is 0. The van der Waals surface area contributed by atoms with Crippen molar-refractivity contribution in [2.45, 2.75) is 39.3 Å². The second-order valence-electron chi connectivity index (χ2n) is 7.26. The molecule has 1 unspecified atom stereocenters. The molecule has 4 aromatic rings. The van der Waals surface area contributed by atoms with Crippen molar-refractivity contribution in [2.24, 2.45) is 0 Å². The van der Waals surface area contributed by atoms with Crippen molar-refractivity contribution in [1.29, 1.82) is 0 Å². The quantitative estimate of drug-likeness (QED) is 0.429. The van der Waals surface area contributed by atoms with Crippen LogP contribution in [0.2, 0.25) is 0 Å². The molecule has 4 rings (SSSR count). The van der Waals surface area contributed by atoms with E-state index in [0.717, 1.165) is 21.9 Å². The average molecular weight is 407 g/mol. The van der Waals surface area contributed by atoms with Crippen LogP contribution in [0.4, 0.5) is 0 Å². The maximum atomic E-state index is 13.4. The zero-order valence-corrected chi connectivity index (χ0v) is 17.4. The minimum atomic E-state index is -0.689. The normalized spacial score (nSPS) is 12.6. The van der Waals surface area contributed by atoms with Crippen LogP contribution in [-0.4, -0.2) is 21.6 Å². The lowest BCUT2D eigenvalue weighted by Gasteiger charge is -2.18. The lowest BCUT2D eigenvalue weighted by atomic mass is 10.0. The summed E-state index contributed by atoms with van der Waals surface area (Å²) in [6.45, 7) is 5.46. The first-order valence-electron chi connectivity index (χ1n) is 9.67. The molecule has 2 aromatic heterocycles. The molecule has 0 bridgehead atoms. The second-order valence-corrected chi connectivity index (χ2v) is 8.12. The molecule has 6 heteroatoms. The number of fused-ring (bicyclic) bond motifs is 2. The highest BCUT2D eigenvalue weighted by molar-refractivity contribution is 7.17. The van der Waals surface area contributed by atoms with Crippen LogP contribution >= 0.6 is 11.3 Å². The standard InChI is InChI=1S/C23H22N2O3S/c1-4-19(23(27)28-14(2)3)25-13-24-21-20(22(25)26)18(12-29-21)17-10-9-15-7-5-6-8-16(15)11-17/h5-14,19H,4H2,1-3H3. The van der Waals surface area contributed by atoms with Crippen molar-refractivity contribution in [3.05, 3.63) is 64.5 Å². The average Bonchev–Trinajstić information content (AvgIpc) is 3.14. The van der Waals surface area contributed by atoms with Crippen LogP contribution in [0.5, 0.6) is 0 Å². The minimum Gasteiger partial charge on any atom is -0.461 e. The van der Waals surface area contributed by atoms with Gasteiger partial charge in [0.05, 0.1) is 17.8 Å². The van der Waals surface area contributed by atoms with Crippen molar-refractivity contribution in [1.82, 2.24) is 9.55 Å². The number of hydrogen-bond acceptors (Lipinski definition) is 5. The van der Waals surface area contributed by atoms with E-state index in [2.05, 4.69) is 29.2 Å². The first-order valence-corrected chi connectivity index (χ1v) is 10.6. The number of benzene rings is 2. The van der Waals surface area contributed by atoms with Gasteiger partial charge in [-0.05, 0) is 42.7 Å². The molecule has 0 saturated carbocycles. The molecule has 0 aliphatic rings. The van der Waals surface area contributed by atoms with Gasteiger partial charge in [-0.1, -0.05) is 43.3 Å². The van der Waals surface area contributed by atoms with E-state index in [-0.39, 0.29) is 11.7 Å². The zero-order valence-electron chi connectivity index (χ0n) is 16.6. The van der Waals surface area contributed by atoms with Crippen LogP contribution in [0.3, 0.4) is 0 Å². The van der Waals surface area contributed by atoms with Gasteiger partial charge in [0.15, 0.2) is 0 Å². The molecule has 5 nitrogen and oxygen atoms in total. The van der Waals surface area contributed by atoms with Gasteiger partial charge in [-0.3, -0.25) is 9.36 Å². The predicted molar refractivity (Wildman–Crippen MR) is 117 cm³/mol. The van der Waals surface area contributed by atoms with E-state index >= 15 is 0 Å². The van der Waals surface area contributed by atoms with Gasteiger partial charge in [-0.2, -0.15) is 0 Å². The Morgan fingerprint density at radius 2 is 1.93 bits per heavy atom. The molecule has 148 valence electrons.